The zero-order valence-corrected chi connectivity index (χ0v) is 12.6. The van der Waals surface area contributed by atoms with Gasteiger partial charge in [-0.2, -0.15) is 0 Å². The molecule has 0 saturated heterocycles. The number of H-pyrrole nitrogens is 1. The summed E-state index contributed by atoms with van der Waals surface area (Å²) < 4.78 is 0. The molecule has 1 aromatic heterocycles. The molecule has 2 N–H and O–H groups in total. The predicted octanol–water partition coefficient (Wildman–Crippen LogP) is 2.34. The molecule has 2 atom stereocenters. The zero-order chi connectivity index (χ0) is 13.7. The van der Waals surface area contributed by atoms with Gasteiger partial charge in [-0.25, -0.2) is 4.98 Å². The maximum atomic E-state index is 11.3. The smallest absolute Gasteiger partial charge is 0.251 e. The van der Waals surface area contributed by atoms with E-state index in [2.05, 4.69) is 22.2 Å². The lowest BCUT2D eigenvalue weighted by atomic mass is 10.0. The SMILES string of the molecule is CCNC1CCCC1CCSc1nc(C)cc(=O)[nH]1. The van der Waals surface area contributed by atoms with Crippen molar-refractivity contribution in [3.05, 3.63) is 22.1 Å². The molecule has 0 radical (unpaired) electrons. The van der Waals surface area contributed by atoms with Crippen molar-refractivity contribution in [1.29, 1.82) is 0 Å². The Morgan fingerprint density at radius 2 is 2.37 bits per heavy atom. The molecular formula is C14H23N3OS. The van der Waals surface area contributed by atoms with Crippen molar-refractivity contribution < 1.29 is 0 Å². The Hall–Kier alpha value is -0.810. The maximum absolute atomic E-state index is 11.3. The van der Waals surface area contributed by atoms with Gasteiger partial charge in [0.1, 0.15) is 0 Å². The number of thioether (sulfide) groups is 1. The van der Waals surface area contributed by atoms with Gasteiger partial charge in [0.25, 0.3) is 5.56 Å². The van der Waals surface area contributed by atoms with Crippen LogP contribution in [-0.4, -0.2) is 28.3 Å². The molecule has 1 heterocycles. The predicted molar refractivity (Wildman–Crippen MR) is 79.7 cm³/mol. The minimum Gasteiger partial charge on any atom is -0.314 e. The standard InChI is InChI=1S/C14H23N3OS/c1-3-15-12-6-4-5-11(12)7-8-19-14-16-10(2)9-13(18)17-14/h9,11-12,15H,3-8H2,1-2H3,(H,16,17,18). The van der Waals surface area contributed by atoms with E-state index in [0.29, 0.717) is 6.04 Å². The van der Waals surface area contributed by atoms with E-state index < -0.39 is 0 Å². The molecule has 4 nitrogen and oxygen atoms in total. The van der Waals surface area contributed by atoms with Crippen molar-refractivity contribution in [2.75, 3.05) is 12.3 Å². The molecule has 1 aromatic rings. The van der Waals surface area contributed by atoms with Crippen LogP contribution >= 0.6 is 11.8 Å². The van der Waals surface area contributed by atoms with Crippen molar-refractivity contribution in [3.8, 4) is 0 Å². The van der Waals surface area contributed by atoms with Crippen molar-refractivity contribution >= 4 is 11.8 Å². The Morgan fingerprint density at radius 1 is 1.53 bits per heavy atom. The van der Waals surface area contributed by atoms with Gasteiger partial charge in [0.2, 0.25) is 0 Å². The minimum atomic E-state index is -0.0543. The van der Waals surface area contributed by atoms with Crippen molar-refractivity contribution in [2.24, 2.45) is 5.92 Å². The van der Waals surface area contributed by atoms with Crippen molar-refractivity contribution in [1.82, 2.24) is 15.3 Å². The van der Waals surface area contributed by atoms with Crippen LogP contribution in [0.4, 0.5) is 0 Å². The third kappa shape index (κ3) is 4.35. The first kappa shape index (κ1) is 14.6. The average Bonchev–Trinajstić information content (AvgIpc) is 2.76. The Morgan fingerprint density at radius 3 is 3.11 bits per heavy atom. The van der Waals surface area contributed by atoms with Crippen LogP contribution in [-0.2, 0) is 0 Å². The Bertz CT molecular complexity index is 460. The van der Waals surface area contributed by atoms with Crippen molar-refractivity contribution in [2.45, 2.75) is 50.7 Å². The Labute approximate surface area is 118 Å². The molecule has 5 heteroatoms. The summed E-state index contributed by atoms with van der Waals surface area (Å²) in [5.41, 5.74) is 0.735. The lowest BCUT2D eigenvalue weighted by molar-refractivity contribution is 0.400. The monoisotopic (exact) mass is 281 g/mol. The minimum absolute atomic E-state index is 0.0543. The molecular weight excluding hydrogens is 258 g/mol. The molecule has 1 fully saturated rings. The number of aromatic amines is 1. The molecule has 1 saturated carbocycles. The quantitative estimate of drug-likeness (QED) is 0.621. The van der Waals surface area contributed by atoms with Crippen LogP contribution in [0.5, 0.6) is 0 Å². The van der Waals surface area contributed by atoms with E-state index >= 15 is 0 Å². The summed E-state index contributed by atoms with van der Waals surface area (Å²) in [6.07, 6.45) is 5.17. The fourth-order valence-electron chi connectivity index (χ4n) is 2.84. The van der Waals surface area contributed by atoms with Gasteiger partial charge < -0.3 is 10.3 Å². The molecule has 2 unspecified atom stereocenters. The highest BCUT2D eigenvalue weighted by atomic mass is 32.2. The van der Waals surface area contributed by atoms with Crippen LogP contribution in [0.2, 0.25) is 0 Å². The first-order chi connectivity index (χ1) is 9.19. The highest BCUT2D eigenvalue weighted by molar-refractivity contribution is 7.99. The number of nitrogens with one attached hydrogen (secondary N) is 2. The third-order valence-electron chi connectivity index (χ3n) is 3.70. The summed E-state index contributed by atoms with van der Waals surface area (Å²) in [4.78, 5) is 18.5. The van der Waals surface area contributed by atoms with E-state index in [1.165, 1.54) is 31.7 Å². The van der Waals surface area contributed by atoms with Crippen LogP contribution in [0.1, 0.15) is 38.3 Å². The highest BCUT2D eigenvalue weighted by Gasteiger charge is 2.25. The van der Waals surface area contributed by atoms with Gasteiger partial charge in [-0.3, -0.25) is 4.79 Å². The number of nitrogens with zero attached hydrogens (tertiary/aromatic N) is 1. The molecule has 1 aliphatic carbocycles. The van der Waals surface area contributed by atoms with Crippen LogP contribution in [0.15, 0.2) is 16.0 Å². The lowest BCUT2D eigenvalue weighted by Gasteiger charge is -2.19. The van der Waals surface area contributed by atoms with E-state index in [1.54, 1.807) is 11.8 Å². The number of aryl methyl sites for hydroxylation is 1. The van der Waals surface area contributed by atoms with Gasteiger partial charge in [-0.15, -0.1) is 0 Å². The van der Waals surface area contributed by atoms with E-state index in [1.807, 2.05) is 6.92 Å². The normalized spacial score (nSPS) is 22.8. The zero-order valence-electron chi connectivity index (χ0n) is 11.7. The van der Waals surface area contributed by atoms with Crippen LogP contribution in [0.25, 0.3) is 0 Å². The van der Waals surface area contributed by atoms with Gasteiger partial charge >= 0.3 is 0 Å². The molecule has 0 amide bonds. The van der Waals surface area contributed by atoms with Crippen molar-refractivity contribution in [3.63, 3.8) is 0 Å². The van der Waals surface area contributed by atoms with Gasteiger partial charge in [0.15, 0.2) is 5.16 Å². The van der Waals surface area contributed by atoms with Crippen LogP contribution in [0.3, 0.4) is 0 Å². The summed E-state index contributed by atoms with van der Waals surface area (Å²) in [6.45, 7) is 5.09. The van der Waals surface area contributed by atoms with Crippen LogP contribution < -0.4 is 10.9 Å². The summed E-state index contributed by atoms with van der Waals surface area (Å²) in [6, 6.07) is 2.22. The van der Waals surface area contributed by atoms with Crippen LogP contribution in [0, 0.1) is 12.8 Å². The fourth-order valence-corrected chi connectivity index (χ4v) is 3.84. The number of aromatic nitrogens is 2. The van der Waals surface area contributed by atoms with E-state index in [9.17, 15) is 4.79 Å². The molecule has 2 rings (SSSR count). The molecule has 0 bridgehead atoms. The Balaban J connectivity index is 1.81. The largest absolute Gasteiger partial charge is 0.314 e. The topological polar surface area (TPSA) is 57.8 Å². The molecule has 1 aliphatic rings. The van der Waals surface area contributed by atoms with E-state index in [4.69, 9.17) is 0 Å². The van der Waals surface area contributed by atoms with E-state index in [-0.39, 0.29) is 5.56 Å². The number of hydrogen-bond acceptors (Lipinski definition) is 4. The maximum Gasteiger partial charge on any atom is 0.251 e. The summed E-state index contributed by atoms with van der Waals surface area (Å²) in [5.74, 6) is 1.81. The second kappa shape index (κ2) is 7.10. The average molecular weight is 281 g/mol. The van der Waals surface area contributed by atoms with Gasteiger partial charge in [0.05, 0.1) is 0 Å². The number of hydrogen-bond donors (Lipinski definition) is 2. The summed E-state index contributed by atoms with van der Waals surface area (Å²) in [5, 5.41) is 4.33. The molecule has 19 heavy (non-hydrogen) atoms. The van der Waals surface area contributed by atoms with Gasteiger partial charge in [0, 0.05) is 23.6 Å². The summed E-state index contributed by atoms with van der Waals surface area (Å²) in [7, 11) is 0. The Kier molecular flexibility index (Phi) is 5.45. The highest BCUT2D eigenvalue weighted by Crippen LogP contribution is 2.30. The van der Waals surface area contributed by atoms with Gasteiger partial charge in [-0.1, -0.05) is 25.1 Å². The molecule has 0 aliphatic heterocycles. The molecule has 0 spiro atoms. The lowest BCUT2D eigenvalue weighted by Crippen LogP contribution is -2.32. The second-order valence-electron chi connectivity index (χ2n) is 5.18. The fraction of sp³-hybridized carbons (Fsp3) is 0.714. The summed E-state index contributed by atoms with van der Waals surface area (Å²) >= 11 is 1.66. The van der Waals surface area contributed by atoms with Gasteiger partial charge in [-0.05, 0) is 38.6 Å². The molecule has 106 valence electrons. The number of rotatable bonds is 6. The molecule has 0 aromatic carbocycles. The third-order valence-corrected chi connectivity index (χ3v) is 4.61. The van der Waals surface area contributed by atoms with E-state index in [0.717, 1.165) is 29.1 Å². The first-order valence-corrected chi connectivity index (χ1v) is 8.11. The first-order valence-electron chi connectivity index (χ1n) is 7.13. The second-order valence-corrected chi connectivity index (χ2v) is 6.27.